The van der Waals surface area contributed by atoms with E-state index in [0.29, 0.717) is 22.8 Å². The molecule has 1 heterocycles. The molecule has 11 nitrogen and oxygen atoms in total. The van der Waals surface area contributed by atoms with Crippen LogP contribution in [-0.2, 0) is 16.0 Å². The molecule has 0 spiro atoms. The van der Waals surface area contributed by atoms with Crippen LogP contribution >= 0.6 is 11.6 Å². The number of ether oxygens (including phenoxy) is 1. The van der Waals surface area contributed by atoms with Crippen LogP contribution in [0.4, 0.5) is 0 Å². The number of aliphatic carboxylic acids is 2. The van der Waals surface area contributed by atoms with Crippen molar-refractivity contribution in [1.29, 1.82) is 0 Å². The molecule has 1 amide bonds. The third kappa shape index (κ3) is 9.86. The van der Waals surface area contributed by atoms with E-state index in [9.17, 15) is 15.0 Å². The van der Waals surface area contributed by atoms with Gasteiger partial charge in [0.2, 0.25) is 5.88 Å². The number of primary amides is 1. The highest BCUT2D eigenvalue weighted by Gasteiger charge is 2.14. The summed E-state index contributed by atoms with van der Waals surface area (Å²) in [5.74, 6) is -3.61. The number of rotatable bonds is 10. The van der Waals surface area contributed by atoms with Crippen LogP contribution in [0.3, 0.4) is 0 Å². The summed E-state index contributed by atoms with van der Waals surface area (Å²) in [6.45, 7) is 0.193. The normalized spacial score (nSPS) is 12.0. The number of carbonyl (C=O) groups is 3. The number of aliphatic hydroxyl groups excluding tert-OH is 2. The average Bonchev–Trinajstić information content (AvgIpc) is 2.87. The first-order valence-electron chi connectivity index (χ1n) is 10.9. The molecule has 2 unspecified atom stereocenters. The van der Waals surface area contributed by atoms with Gasteiger partial charge in [0, 0.05) is 23.8 Å². The Morgan fingerprint density at radius 3 is 2.27 bits per heavy atom. The number of carboxylic acid groups (broad SMARTS) is 2. The zero-order valence-corrected chi connectivity index (χ0v) is 20.2. The Labute approximate surface area is 217 Å². The van der Waals surface area contributed by atoms with Gasteiger partial charge in [-0.3, -0.25) is 4.79 Å². The summed E-state index contributed by atoms with van der Waals surface area (Å²) in [6, 6.07) is 17.2. The van der Waals surface area contributed by atoms with Crippen LogP contribution in [0.2, 0.25) is 5.02 Å². The van der Waals surface area contributed by atoms with E-state index >= 15 is 0 Å². The summed E-state index contributed by atoms with van der Waals surface area (Å²) in [7, 11) is 0. The number of hydrogen-bond acceptors (Lipinski definition) is 8. The second-order valence-electron chi connectivity index (χ2n) is 7.64. The van der Waals surface area contributed by atoms with E-state index in [1.807, 2.05) is 12.1 Å². The largest absolute Gasteiger partial charge is 0.473 e. The Bertz CT molecular complexity index is 1190. The van der Waals surface area contributed by atoms with Crippen molar-refractivity contribution in [3.63, 3.8) is 0 Å². The van der Waals surface area contributed by atoms with E-state index in [1.165, 1.54) is 6.20 Å². The topological polar surface area (TPSA) is 192 Å². The van der Waals surface area contributed by atoms with E-state index in [2.05, 4.69) is 10.3 Å². The molecule has 37 heavy (non-hydrogen) atoms. The van der Waals surface area contributed by atoms with Crippen LogP contribution in [0.5, 0.6) is 11.6 Å². The van der Waals surface area contributed by atoms with E-state index in [4.69, 9.17) is 41.9 Å². The summed E-state index contributed by atoms with van der Waals surface area (Å²) < 4.78 is 5.67. The fourth-order valence-corrected chi connectivity index (χ4v) is 3.26. The molecule has 1 aromatic heterocycles. The second kappa shape index (κ2) is 14.5. The van der Waals surface area contributed by atoms with Gasteiger partial charge in [0.25, 0.3) is 5.91 Å². The number of aliphatic hydroxyl groups is 2. The quantitative estimate of drug-likeness (QED) is 0.211. The van der Waals surface area contributed by atoms with Crippen molar-refractivity contribution in [1.82, 2.24) is 10.3 Å². The van der Waals surface area contributed by atoms with Crippen LogP contribution in [0.25, 0.3) is 0 Å². The number of nitrogens with two attached hydrogens (primary N) is 1. The number of carboxylic acids is 2. The lowest BCUT2D eigenvalue weighted by atomic mass is 10.1. The number of nitrogens with one attached hydrogen (secondary N) is 1. The van der Waals surface area contributed by atoms with Gasteiger partial charge < -0.3 is 36.2 Å². The van der Waals surface area contributed by atoms with E-state index < -0.39 is 23.9 Å². The van der Waals surface area contributed by atoms with Gasteiger partial charge >= 0.3 is 11.9 Å². The summed E-state index contributed by atoms with van der Waals surface area (Å²) in [6.07, 6.45) is 1.34. The molecule has 7 N–H and O–H groups in total. The standard InChI is InChI=1S/C23H24ClN3O4.C2H2O4/c24-17-4-1-3-16(12-17)21(29)13-27-18(14-28)11-15-6-8-19(9-7-15)31-23-20(22(25)30)5-2-10-26-23;3-1(4)2(5)6/h1-10,12,18,21,27-29H,11,13-14H2,(H2,25,30);(H,3,4)(H,5,6). The molecule has 12 heteroatoms. The second-order valence-corrected chi connectivity index (χ2v) is 8.08. The smallest absolute Gasteiger partial charge is 0.414 e. The molecule has 0 radical (unpaired) electrons. The summed E-state index contributed by atoms with van der Waals surface area (Å²) in [4.78, 5) is 33.7. The highest BCUT2D eigenvalue weighted by Crippen LogP contribution is 2.23. The predicted molar refractivity (Wildman–Crippen MR) is 134 cm³/mol. The molecule has 0 aliphatic rings. The van der Waals surface area contributed by atoms with Gasteiger partial charge in [-0.1, -0.05) is 35.9 Å². The van der Waals surface area contributed by atoms with Gasteiger partial charge in [0.05, 0.1) is 12.7 Å². The first kappa shape index (κ1) is 29.2. The van der Waals surface area contributed by atoms with Gasteiger partial charge in [-0.25, -0.2) is 14.6 Å². The molecule has 196 valence electrons. The van der Waals surface area contributed by atoms with Crippen molar-refractivity contribution in [3.8, 4) is 11.6 Å². The Morgan fingerprint density at radius 1 is 1.03 bits per heavy atom. The highest BCUT2D eigenvalue weighted by molar-refractivity contribution is 6.30. The van der Waals surface area contributed by atoms with Crippen molar-refractivity contribution in [2.75, 3.05) is 13.2 Å². The van der Waals surface area contributed by atoms with Crippen LogP contribution in [0.15, 0.2) is 66.9 Å². The van der Waals surface area contributed by atoms with Gasteiger partial charge in [-0.2, -0.15) is 0 Å². The summed E-state index contributed by atoms with van der Waals surface area (Å²) in [5.41, 5.74) is 7.22. The van der Waals surface area contributed by atoms with Crippen LogP contribution in [0.1, 0.15) is 27.6 Å². The van der Waals surface area contributed by atoms with Crippen molar-refractivity contribution in [3.05, 3.63) is 88.6 Å². The van der Waals surface area contributed by atoms with Gasteiger partial charge in [-0.15, -0.1) is 0 Å². The third-order valence-corrected chi connectivity index (χ3v) is 5.13. The Balaban J connectivity index is 0.000000717. The molecular formula is C25H26ClN3O8. The Hall–Kier alpha value is -4.03. The van der Waals surface area contributed by atoms with Gasteiger partial charge in [0.1, 0.15) is 11.3 Å². The van der Waals surface area contributed by atoms with Crippen LogP contribution < -0.4 is 15.8 Å². The SMILES string of the molecule is NC(=O)c1cccnc1Oc1ccc(CC(CO)NCC(O)c2cccc(Cl)c2)cc1.O=C(O)C(=O)O. The average molecular weight is 532 g/mol. The van der Waals surface area contributed by atoms with Crippen molar-refractivity contribution < 1.29 is 39.5 Å². The molecular weight excluding hydrogens is 506 g/mol. The summed E-state index contributed by atoms with van der Waals surface area (Å²) in [5, 5.41) is 38.6. The first-order valence-corrected chi connectivity index (χ1v) is 11.2. The molecule has 0 aliphatic carbocycles. The molecule has 2 atom stereocenters. The number of aromatic nitrogens is 1. The maximum Gasteiger partial charge on any atom is 0.414 e. The molecule has 2 aromatic carbocycles. The number of carbonyl (C=O) groups excluding carboxylic acids is 1. The fraction of sp³-hybridized carbons (Fsp3) is 0.200. The van der Waals surface area contributed by atoms with Crippen LogP contribution in [-0.4, -0.2) is 62.4 Å². The van der Waals surface area contributed by atoms with E-state index in [1.54, 1.807) is 48.5 Å². The lowest BCUT2D eigenvalue weighted by Gasteiger charge is -2.19. The predicted octanol–water partition coefficient (Wildman–Crippen LogP) is 2.01. The molecule has 3 aromatic rings. The monoisotopic (exact) mass is 531 g/mol. The lowest BCUT2D eigenvalue weighted by molar-refractivity contribution is -0.159. The van der Waals surface area contributed by atoms with E-state index in [-0.39, 0.29) is 30.6 Å². The minimum absolute atomic E-state index is 0.0869. The molecule has 0 saturated heterocycles. The lowest BCUT2D eigenvalue weighted by Crippen LogP contribution is -2.37. The number of benzene rings is 2. The third-order valence-electron chi connectivity index (χ3n) is 4.89. The number of amides is 1. The zero-order chi connectivity index (χ0) is 27.4. The Morgan fingerprint density at radius 2 is 1.70 bits per heavy atom. The minimum Gasteiger partial charge on any atom is -0.473 e. The Kier molecular flexibility index (Phi) is 11.5. The molecule has 0 saturated carbocycles. The number of hydrogen-bond donors (Lipinski definition) is 6. The van der Waals surface area contributed by atoms with Gasteiger partial charge in [0.15, 0.2) is 0 Å². The number of nitrogens with zero attached hydrogens (tertiary/aromatic N) is 1. The van der Waals surface area contributed by atoms with Crippen molar-refractivity contribution in [2.45, 2.75) is 18.6 Å². The van der Waals surface area contributed by atoms with Gasteiger partial charge in [-0.05, 0) is 53.9 Å². The van der Waals surface area contributed by atoms with E-state index in [0.717, 1.165) is 5.56 Å². The highest BCUT2D eigenvalue weighted by atomic mass is 35.5. The first-order chi connectivity index (χ1) is 17.6. The number of halogens is 1. The number of pyridine rings is 1. The molecule has 0 aliphatic heterocycles. The van der Waals surface area contributed by atoms with Crippen LogP contribution in [0, 0.1) is 0 Å². The maximum absolute atomic E-state index is 11.5. The summed E-state index contributed by atoms with van der Waals surface area (Å²) >= 11 is 5.97. The molecule has 0 bridgehead atoms. The maximum atomic E-state index is 11.5. The molecule has 0 fully saturated rings. The van der Waals surface area contributed by atoms with Crippen molar-refractivity contribution >= 4 is 29.4 Å². The van der Waals surface area contributed by atoms with Crippen molar-refractivity contribution in [2.24, 2.45) is 5.73 Å². The minimum atomic E-state index is -1.82. The fourth-order valence-electron chi connectivity index (χ4n) is 3.06. The zero-order valence-electron chi connectivity index (χ0n) is 19.5. The molecule has 3 rings (SSSR count).